The van der Waals surface area contributed by atoms with Gasteiger partial charge in [0.25, 0.3) is 10.2 Å². The highest BCUT2D eigenvalue weighted by Crippen LogP contribution is 2.13. The molecule has 2 rings (SSSR count). The van der Waals surface area contributed by atoms with Crippen molar-refractivity contribution in [2.75, 3.05) is 19.7 Å². The van der Waals surface area contributed by atoms with Gasteiger partial charge in [-0.3, -0.25) is 0 Å². The first-order valence-corrected chi connectivity index (χ1v) is 7.51. The van der Waals surface area contributed by atoms with Crippen molar-refractivity contribution in [3.63, 3.8) is 0 Å². The minimum atomic E-state index is -3.57. The van der Waals surface area contributed by atoms with Crippen molar-refractivity contribution < 1.29 is 17.7 Å². The Labute approximate surface area is 112 Å². The van der Waals surface area contributed by atoms with Gasteiger partial charge in [0.15, 0.2) is 5.82 Å². The summed E-state index contributed by atoms with van der Waals surface area (Å²) in [4.78, 5) is 4.01. The number of rotatable bonds is 4. The molecule has 19 heavy (non-hydrogen) atoms. The van der Waals surface area contributed by atoms with Gasteiger partial charge in [-0.05, 0) is 13.8 Å². The number of aryl methyl sites for hydroxylation is 1. The quantitative estimate of drug-likeness (QED) is 0.838. The number of aromatic nitrogens is 2. The summed E-state index contributed by atoms with van der Waals surface area (Å²) in [6, 6.07) is -0.541. The summed E-state index contributed by atoms with van der Waals surface area (Å²) in [6.07, 6.45) is -0.104. The molecule has 1 saturated heterocycles. The number of nitrogens with one attached hydrogen (secondary N) is 1. The molecule has 0 spiro atoms. The topological polar surface area (TPSA) is 97.6 Å². The van der Waals surface area contributed by atoms with E-state index in [9.17, 15) is 8.42 Å². The Hall–Kier alpha value is -1.03. The van der Waals surface area contributed by atoms with Crippen LogP contribution in [-0.2, 0) is 14.9 Å². The second kappa shape index (κ2) is 5.53. The molecule has 108 valence electrons. The summed E-state index contributed by atoms with van der Waals surface area (Å²) in [5, 5.41) is 3.70. The van der Waals surface area contributed by atoms with Crippen LogP contribution < -0.4 is 4.72 Å². The molecule has 0 radical (unpaired) electrons. The molecule has 2 atom stereocenters. The van der Waals surface area contributed by atoms with Crippen LogP contribution in [0, 0.1) is 6.92 Å². The van der Waals surface area contributed by atoms with E-state index in [1.54, 1.807) is 13.8 Å². The highest BCUT2D eigenvalue weighted by Gasteiger charge is 2.29. The molecule has 2 heterocycles. The highest BCUT2D eigenvalue weighted by atomic mass is 32.2. The Kier molecular flexibility index (Phi) is 4.19. The van der Waals surface area contributed by atoms with Crippen LogP contribution in [0.15, 0.2) is 4.52 Å². The first-order chi connectivity index (χ1) is 8.88. The van der Waals surface area contributed by atoms with E-state index in [-0.39, 0.29) is 6.10 Å². The molecule has 0 aliphatic carbocycles. The molecule has 0 aromatic carbocycles. The summed E-state index contributed by atoms with van der Waals surface area (Å²) < 4.78 is 38.4. The maximum Gasteiger partial charge on any atom is 0.280 e. The standard InChI is InChI=1S/C10H18N4O4S/c1-7-6-14(4-5-17-7)19(15,16)13-8(2)10-11-9(3)18-12-10/h7-8,13H,4-6H2,1-3H3/t7-,8+/m1/s1. The Balaban J connectivity index is 2.04. The lowest BCUT2D eigenvalue weighted by molar-refractivity contribution is 0.00967. The van der Waals surface area contributed by atoms with Gasteiger partial charge >= 0.3 is 0 Å². The van der Waals surface area contributed by atoms with Crippen molar-refractivity contribution in [1.29, 1.82) is 0 Å². The van der Waals surface area contributed by atoms with E-state index in [0.29, 0.717) is 31.4 Å². The van der Waals surface area contributed by atoms with Gasteiger partial charge in [-0.25, -0.2) is 0 Å². The van der Waals surface area contributed by atoms with Gasteiger partial charge < -0.3 is 9.26 Å². The second-order valence-electron chi connectivity index (χ2n) is 4.56. The molecule has 1 aromatic rings. The minimum Gasteiger partial charge on any atom is -0.376 e. The van der Waals surface area contributed by atoms with Crippen molar-refractivity contribution in [2.24, 2.45) is 0 Å². The van der Waals surface area contributed by atoms with E-state index in [0.717, 1.165) is 0 Å². The third-order valence-corrected chi connectivity index (χ3v) is 4.46. The van der Waals surface area contributed by atoms with Crippen LogP contribution in [0.1, 0.15) is 31.6 Å². The monoisotopic (exact) mass is 290 g/mol. The van der Waals surface area contributed by atoms with Crippen LogP contribution in [0.3, 0.4) is 0 Å². The SMILES string of the molecule is Cc1nc([C@H](C)NS(=O)(=O)N2CCO[C@H](C)C2)no1. The Morgan fingerprint density at radius 1 is 1.53 bits per heavy atom. The lowest BCUT2D eigenvalue weighted by atomic mass is 10.3. The van der Waals surface area contributed by atoms with Gasteiger partial charge in [0, 0.05) is 20.0 Å². The lowest BCUT2D eigenvalue weighted by Gasteiger charge is -2.30. The minimum absolute atomic E-state index is 0.104. The average Bonchev–Trinajstić information content (AvgIpc) is 2.75. The zero-order valence-corrected chi connectivity index (χ0v) is 12.0. The number of ether oxygens (including phenoxy) is 1. The van der Waals surface area contributed by atoms with Crippen molar-refractivity contribution in [1.82, 2.24) is 19.2 Å². The molecule has 1 aliphatic heterocycles. The normalized spacial score (nSPS) is 23.4. The molecule has 0 saturated carbocycles. The second-order valence-corrected chi connectivity index (χ2v) is 6.26. The van der Waals surface area contributed by atoms with E-state index in [4.69, 9.17) is 9.26 Å². The van der Waals surface area contributed by atoms with E-state index in [1.165, 1.54) is 4.31 Å². The maximum absolute atomic E-state index is 12.2. The summed E-state index contributed by atoms with van der Waals surface area (Å²) in [5.41, 5.74) is 0. The zero-order chi connectivity index (χ0) is 14.0. The van der Waals surface area contributed by atoms with Crippen LogP contribution in [-0.4, -0.2) is 48.7 Å². The molecular formula is C10H18N4O4S. The number of morpholine rings is 1. The van der Waals surface area contributed by atoms with E-state index in [1.807, 2.05) is 6.92 Å². The molecule has 8 nitrogen and oxygen atoms in total. The van der Waals surface area contributed by atoms with Crippen LogP contribution in [0.5, 0.6) is 0 Å². The molecule has 9 heteroatoms. The van der Waals surface area contributed by atoms with Gasteiger partial charge in [0.1, 0.15) is 0 Å². The maximum atomic E-state index is 12.2. The predicted octanol–water partition coefficient (Wildman–Crippen LogP) is -0.00588. The fourth-order valence-electron chi connectivity index (χ4n) is 1.85. The summed E-state index contributed by atoms with van der Waals surface area (Å²) in [5.74, 6) is 0.725. The third kappa shape index (κ3) is 3.50. The smallest absolute Gasteiger partial charge is 0.280 e. The molecule has 0 bridgehead atoms. The van der Waals surface area contributed by atoms with E-state index < -0.39 is 16.3 Å². The Morgan fingerprint density at radius 3 is 2.84 bits per heavy atom. The number of hydrogen-bond acceptors (Lipinski definition) is 6. The molecule has 1 aromatic heterocycles. The molecule has 1 fully saturated rings. The van der Waals surface area contributed by atoms with Crippen molar-refractivity contribution in [3.05, 3.63) is 11.7 Å². The Bertz CT molecular complexity index is 529. The van der Waals surface area contributed by atoms with Gasteiger partial charge in [-0.15, -0.1) is 0 Å². The average molecular weight is 290 g/mol. The largest absolute Gasteiger partial charge is 0.376 e. The van der Waals surface area contributed by atoms with Crippen LogP contribution in [0.2, 0.25) is 0 Å². The molecule has 0 amide bonds. The number of hydrogen-bond donors (Lipinski definition) is 1. The molecule has 0 unspecified atom stereocenters. The Morgan fingerprint density at radius 2 is 2.26 bits per heavy atom. The van der Waals surface area contributed by atoms with Gasteiger partial charge in [-0.1, -0.05) is 5.16 Å². The third-order valence-electron chi connectivity index (χ3n) is 2.80. The van der Waals surface area contributed by atoms with Crippen molar-refractivity contribution in [3.8, 4) is 0 Å². The molecule has 1 N–H and O–H groups in total. The first-order valence-electron chi connectivity index (χ1n) is 6.07. The van der Waals surface area contributed by atoms with Crippen LogP contribution in [0.25, 0.3) is 0 Å². The van der Waals surface area contributed by atoms with Gasteiger partial charge in [0.05, 0.1) is 18.8 Å². The van der Waals surface area contributed by atoms with Crippen molar-refractivity contribution in [2.45, 2.75) is 32.9 Å². The fourth-order valence-corrected chi connectivity index (χ4v) is 3.27. The summed E-state index contributed by atoms with van der Waals surface area (Å²) in [6.45, 7) is 6.25. The lowest BCUT2D eigenvalue weighted by Crippen LogP contribution is -2.49. The fraction of sp³-hybridized carbons (Fsp3) is 0.800. The van der Waals surface area contributed by atoms with Gasteiger partial charge in [0.2, 0.25) is 5.89 Å². The molecular weight excluding hydrogens is 272 g/mol. The van der Waals surface area contributed by atoms with Crippen LogP contribution in [0.4, 0.5) is 0 Å². The van der Waals surface area contributed by atoms with E-state index >= 15 is 0 Å². The van der Waals surface area contributed by atoms with Crippen LogP contribution >= 0.6 is 0 Å². The summed E-state index contributed by atoms with van der Waals surface area (Å²) >= 11 is 0. The summed E-state index contributed by atoms with van der Waals surface area (Å²) in [7, 11) is -3.57. The van der Waals surface area contributed by atoms with E-state index in [2.05, 4.69) is 14.9 Å². The van der Waals surface area contributed by atoms with Gasteiger partial charge in [-0.2, -0.15) is 22.4 Å². The highest BCUT2D eigenvalue weighted by molar-refractivity contribution is 7.87. The van der Waals surface area contributed by atoms with Crippen molar-refractivity contribution >= 4 is 10.2 Å². The molecule has 1 aliphatic rings. The predicted molar refractivity (Wildman–Crippen MR) is 66.5 cm³/mol. The first kappa shape index (κ1) is 14.4. The number of nitrogens with zero attached hydrogens (tertiary/aromatic N) is 3. The zero-order valence-electron chi connectivity index (χ0n) is 11.2.